The highest BCUT2D eigenvalue weighted by atomic mass is 35.5. The zero-order valence-corrected chi connectivity index (χ0v) is 19.9. The first-order chi connectivity index (χ1) is 15.5. The molecule has 2 aromatic rings. The van der Waals surface area contributed by atoms with Crippen LogP contribution < -0.4 is 19.5 Å². The Morgan fingerprint density at radius 1 is 1.00 bits per heavy atom. The molecule has 0 spiro atoms. The van der Waals surface area contributed by atoms with Gasteiger partial charge in [-0.1, -0.05) is 23.2 Å². The van der Waals surface area contributed by atoms with E-state index in [1.165, 1.54) is 0 Å². The number of halogens is 2. The number of nitrogens with one attached hydrogen (secondary N) is 1. The molecule has 176 valence electrons. The van der Waals surface area contributed by atoms with Crippen molar-refractivity contribution in [1.29, 1.82) is 0 Å². The Morgan fingerprint density at radius 3 is 2.38 bits per heavy atom. The Hall–Kier alpha value is -1.70. The van der Waals surface area contributed by atoms with E-state index in [0.29, 0.717) is 35.0 Å². The monoisotopic (exact) mass is 482 g/mol. The summed E-state index contributed by atoms with van der Waals surface area (Å²) in [5.74, 6) is 2.30. The maximum absolute atomic E-state index is 10.3. The van der Waals surface area contributed by atoms with Crippen LogP contribution in [0.5, 0.6) is 17.2 Å². The van der Waals surface area contributed by atoms with Gasteiger partial charge < -0.3 is 29.5 Å². The molecule has 1 atom stereocenters. The van der Waals surface area contributed by atoms with Crippen molar-refractivity contribution in [2.45, 2.75) is 31.4 Å². The fraction of sp³-hybridized carbons (Fsp3) is 0.500. The summed E-state index contributed by atoms with van der Waals surface area (Å²) in [6.07, 6.45) is 2.54. The van der Waals surface area contributed by atoms with E-state index in [4.69, 9.17) is 37.4 Å². The lowest BCUT2D eigenvalue weighted by Crippen LogP contribution is -2.46. The number of hydrogen-bond donors (Lipinski definition) is 2. The molecular weight excluding hydrogens is 451 g/mol. The molecule has 0 aromatic heterocycles. The molecule has 0 aliphatic carbocycles. The molecule has 32 heavy (non-hydrogen) atoms. The summed E-state index contributed by atoms with van der Waals surface area (Å²) in [6, 6.07) is 13.3. The zero-order chi connectivity index (χ0) is 22.8. The van der Waals surface area contributed by atoms with Gasteiger partial charge in [0.05, 0.1) is 23.8 Å². The zero-order valence-electron chi connectivity index (χ0n) is 18.4. The second-order valence-electron chi connectivity index (χ2n) is 7.95. The first kappa shape index (κ1) is 24.9. The van der Waals surface area contributed by atoms with E-state index in [2.05, 4.69) is 10.2 Å². The normalized spacial score (nSPS) is 16.0. The van der Waals surface area contributed by atoms with E-state index in [1.54, 1.807) is 25.3 Å². The molecule has 6 nitrogen and oxygen atoms in total. The standard InChI is InChI=1S/C24H32Cl2N2O4/c1-30-20-3-5-21(6-4-20)31-14-2-11-27-18-9-12-28(13-10-18)16-19(29)17-32-22-7-8-23(25)24(26)15-22/h3-8,15,18-19,27,29H,2,9-14,16-17H2,1H3/t19-/m0/s1. The van der Waals surface area contributed by atoms with Crippen molar-refractivity contribution in [3.05, 3.63) is 52.5 Å². The Kier molecular flexibility index (Phi) is 10.2. The minimum absolute atomic E-state index is 0.227. The molecule has 0 saturated carbocycles. The van der Waals surface area contributed by atoms with E-state index >= 15 is 0 Å². The SMILES string of the molecule is COc1ccc(OCCCNC2CCN(C[C@H](O)COc3ccc(Cl)c(Cl)c3)CC2)cc1. The Bertz CT molecular complexity index is 814. The van der Waals surface area contributed by atoms with Gasteiger partial charge in [-0.25, -0.2) is 0 Å². The van der Waals surface area contributed by atoms with Gasteiger partial charge in [-0.05, 0) is 75.3 Å². The maximum atomic E-state index is 10.3. The number of hydrogen-bond acceptors (Lipinski definition) is 6. The van der Waals surface area contributed by atoms with E-state index < -0.39 is 6.10 Å². The average Bonchev–Trinajstić information content (AvgIpc) is 2.81. The minimum atomic E-state index is -0.552. The largest absolute Gasteiger partial charge is 0.497 e. The molecule has 0 radical (unpaired) electrons. The molecule has 2 aromatic carbocycles. The maximum Gasteiger partial charge on any atom is 0.121 e. The van der Waals surface area contributed by atoms with Gasteiger partial charge in [-0.3, -0.25) is 0 Å². The van der Waals surface area contributed by atoms with Crippen LogP contribution in [-0.4, -0.2) is 68.7 Å². The second-order valence-corrected chi connectivity index (χ2v) is 8.76. The number of nitrogens with zero attached hydrogens (tertiary/aromatic N) is 1. The van der Waals surface area contributed by atoms with Crippen molar-refractivity contribution >= 4 is 23.2 Å². The number of rotatable bonds is 12. The molecule has 0 unspecified atom stereocenters. The van der Waals surface area contributed by atoms with E-state index in [9.17, 15) is 5.11 Å². The summed E-state index contributed by atoms with van der Waals surface area (Å²) >= 11 is 11.9. The third-order valence-corrected chi connectivity index (χ3v) is 6.21. The third kappa shape index (κ3) is 8.34. The van der Waals surface area contributed by atoms with Gasteiger partial charge in [0.25, 0.3) is 0 Å². The lowest BCUT2D eigenvalue weighted by molar-refractivity contribution is 0.0578. The quantitative estimate of drug-likeness (QED) is 0.440. The third-order valence-electron chi connectivity index (χ3n) is 5.47. The summed E-state index contributed by atoms with van der Waals surface area (Å²) < 4.78 is 16.5. The molecule has 1 saturated heterocycles. The van der Waals surface area contributed by atoms with E-state index in [1.807, 2.05) is 24.3 Å². The van der Waals surface area contributed by atoms with Gasteiger partial charge in [0.2, 0.25) is 0 Å². The Labute approximate surface area is 200 Å². The van der Waals surface area contributed by atoms with Gasteiger partial charge in [0, 0.05) is 18.7 Å². The highest BCUT2D eigenvalue weighted by Crippen LogP contribution is 2.26. The van der Waals surface area contributed by atoms with Crippen LogP contribution in [0.3, 0.4) is 0 Å². The number of β-amino-alcohol motifs (C(OH)–C–C–N with tert-alkyl or cyclic N) is 1. The second kappa shape index (κ2) is 13.1. The Balaban J connectivity index is 1.24. The van der Waals surface area contributed by atoms with Crippen LogP contribution in [0, 0.1) is 0 Å². The average molecular weight is 483 g/mol. The summed E-state index contributed by atoms with van der Waals surface area (Å²) in [5.41, 5.74) is 0. The van der Waals surface area contributed by atoms with Crippen molar-refractivity contribution in [1.82, 2.24) is 10.2 Å². The van der Waals surface area contributed by atoms with Crippen LogP contribution in [0.4, 0.5) is 0 Å². The fourth-order valence-corrected chi connectivity index (χ4v) is 3.96. The molecule has 1 aliphatic heterocycles. The molecule has 0 amide bonds. The number of aliphatic hydroxyl groups is 1. The summed E-state index contributed by atoms with van der Waals surface area (Å²) in [6.45, 7) is 4.37. The Morgan fingerprint density at radius 2 is 1.69 bits per heavy atom. The minimum Gasteiger partial charge on any atom is -0.497 e. The first-order valence-electron chi connectivity index (χ1n) is 11.0. The van der Waals surface area contributed by atoms with Crippen molar-refractivity contribution in [3.63, 3.8) is 0 Å². The molecule has 8 heteroatoms. The van der Waals surface area contributed by atoms with Crippen molar-refractivity contribution in [3.8, 4) is 17.2 Å². The number of likely N-dealkylation sites (tertiary alicyclic amines) is 1. The van der Waals surface area contributed by atoms with E-state index in [0.717, 1.165) is 50.4 Å². The van der Waals surface area contributed by atoms with Gasteiger partial charge in [0.15, 0.2) is 0 Å². The molecule has 3 rings (SSSR count). The molecule has 0 bridgehead atoms. The number of aliphatic hydroxyl groups excluding tert-OH is 1. The summed E-state index contributed by atoms with van der Waals surface area (Å²) in [4.78, 5) is 2.29. The number of ether oxygens (including phenoxy) is 3. The van der Waals surface area contributed by atoms with Crippen LogP contribution in [-0.2, 0) is 0 Å². The molecule has 2 N–H and O–H groups in total. The predicted molar refractivity (Wildman–Crippen MR) is 129 cm³/mol. The first-order valence-corrected chi connectivity index (χ1v) is 11.8. The highest BCUT2D eigenvalue weighted by molar-refractivity contribution is 6.42. The topological polar surface area (TPSA) is 63.2 Å². The van der Waals surface area contributed by atoms with Gasteiger partial charge in [-0.2, -0.15) is 0 Å². The van der Waals surface area contributed by atoms with Crippen LogP contribution in [0.25, 0.3) is 0 Å². The number of methoxy groups -OCH3 is 1. The number of benzene rings is 2. The molecule has 1 heterocycles. The van der Waals surface area contributed by atoms with Gasteiger partial charge >= 0.3 is 0 Å². The highest BCUT2D eigenvalue weighted by Gasteiger charge is 2.21. The lowest BCUT2D eigenvalue weighted by Gasteiger charge is -2.33. The van der Waals surface area contributed by atoms with E-state index in [-0.39, 0.29) is 6.61 Å². The van der Waals surface area contributed by atoms with Crippen LogP contribution in [0.15, 0.2) is 42.5 Å². The van der Waals surface area contributed by atoms with Crippen LogP contribution in [0.1, 0.15) is 19.3 Å². The lowest BCUT2D eigenvalue weighted by atomic mass is 10.0. The smallest absolute Gasteiger partial charge is 0.121 e. The summed E-state index contributed by atoms with van der Waals surface area (Å²) in [7, 11) is 1.65. The molecule has 1 fully saturated rings. The van der Waals surface area contributed by atoms with Crippen LogP contribution in [0.2, 0.25) is 10.0 Å². The van der Waals surface area contributed by atoms with Gasteiger partial charge in [0.1, 0.15) is 30.0 Å². The summed E-state index contributed by atoms with van der Waals surface area (Å²) in [5, 5.41) is 14.9. The molecular formula is C24H32Cl2N2O4. The van der Waals surface area contributed by atoms with Crippen molar-refractivity contribution in [2.75, 3.05) is 46.5 Å². The number of piperidine rings is 1. The van der Waals surface area contributed by atoms with Crippen molar-refractivity contribution in [2.24, 2.45) is 0 Å². The van der Waals surface area contributed by atoms with Gasteiger partial charge in [-0.15, -0.1) is 0 Å². The van der Waals surface area contributed by atoms with Crippen molar-refractivity contribution < 1.29 is 19.3 Å². The fourth-order valence-electron chi connectivity index (χ4n) is 3.67. The van der Waals surface area contributed by atoms with Crippen LogP contribution >= 0.6 is 23.2 Å². The predicted octanol–water partition coefficient (Wildman–Crippen LogP) is 4.26. The molecule has 1 aliphatic rings.